The first-order chi connectivity index (χ1) is 11.7. The first-order valence-electron chi connectivity index (χ1n) is 7.66. The second-order valence-corrected chi connectivity index (χ2v) is 8.17. The van der Waals surface area contributed by atoms with Crippen LogP contribution in [0.4, 0.5) is 5.13 Å². The highest BCUT2D eigenvalue weighted by Crippen LogP contribution is 2.32. The fraction of sp³-hybridized carbons (Fsp3) is 0.353. The van der Waals surface area contributed by atoms with E-state index in [2.05, 4.69) is 15.6 Å². The Morgan fingerprint density at radius 2 is 1.96 bits per heavy atom. The summed E-state index contributed by atoms with van der Waals surface area (Å²) >= 11 is 13.4. The van der Waals surface area contributed by atoms with Crippen LogP contribution in [0.1, 0.15) is 27.2 Å². The van der Waals surface area contributed by atoms with E-state index in [1.807, 2.05) is 26.2 Å². The van der Waals surface area contributed by atoms with Crippen LogP contribution in [0.5, 0.6) is 0 Å². The number of nitrogens with zero attached hydrogens (tertiary/aromatic N) is 1. The number of rotatable bonds is 5. The number of carbonyl (C=O) groups excluding carboxylic acids is 2. The molecule has 134 valence electrons. The third kappa shape index (κ3) is 5.70. The molecule has 1 aromatic carbocycles. The van der Waals surface area contributed by atoms with E-state index in [-0.39, 0.29) is 24.8 Å². The van der Waals surface area contributed by atoms with Crippen LogP contribution >= 0.6 is 34.5 Å². The maximum absolute atomic E-state index is 12.0. The Labute approximate surface area is 160 Å². The smallest absolute Gasteiger partial charge is 0.227 e. The van der Waals surface area contributed by atoms with Crippen LogP contribution in [0.25, 0.3) is 11.3 Å². The van der Waals surface area contributed by atoms with E-state index in [9.17, 15) is 9.59 Å². The average molecular weight is 400 g/mol. The molecule has 2 N–H and O–H groups in total. The molecule has 2 rings (SSSR count). The molecule has 0 saturated carbocycles. The van der Waals surface area contributed by atoms with Crippen LogP contribution in [-0.2, 0) is 9.59 Å². The molecule has 0 unspecified atom stereocenters. The molecule has 0 saturated heterocycles. The molecule has 8 heteroatoms. The van der Waals surface area contributed by atoms with Gasteiger partial charge in [-0.2, -0.15) is 0 Å². The van der Waals surface area contributed by atoms with Crippen molar-refractivity contribution >= 4 is 51.5 Å². The highest BCUT2D eigenvalue weighted by atomic mass is 35.5. The highest BCUT2D eigenvalue weighted by molar-refractivity contribution is 7.14. The van der Waals surface area contributed by atoms with Gasteiger partial charge in [0.05, 0.1) is 10.7 Å². The second kappa shape index (κ2) is 8.17. The molecule has 0 spiro atoms. The van der Waals surface area contributed by atoms with E-state index in [1.54, 1.807) is 18.2 Å². The van der Waals surface area contributed by atoms with Gasteiger partial charge in [-0.15, -0.1) is 11.3 Å². The van der Waals surface area contributed by atoms with Gasteiger partial charge in [0.2, 0.25) is 11.8 Å². The molecule has 2 aromatic rings. The molecule has 0 aliphatic carbocycles. The van der Waals surface area contributed by atoms with Crippen LogP contribution in [0, 0.1) is 5.41 Å². The summed E-state index contributed by atoms with van der Waals surface area (Å²) in [5.74, 6) is -0.300. The van der Waals surface area contributed by atoms with E-state index in [0.29, 0.717) is 20.9 Å². The highest BCUT2D eigenvalue weighted by Gasteiger charge is 2.20. The van der Waals surface area contributed by atoms with Crippen LogP contribution in [0.2, 0.25) is 10.0 Å². The molecule has 0 aliphatic rings. The molecule has 2 amide bonds. The molecule has 1 aromatic heterocycles. The second-order valence-electron chi connectivity index (χ2n) is 6.47. The predicted octanol–water partition coefficient (Wildman–Crippen LogP) is 4.61. The lowest BCUT2D eigenvalue weighted by Crippen LogP contribution is -2.36. The number of aromatic nitrogens is 1. The third-order valence-corrected chi connectivity index (χ3v) is 4.58. The van der Waals surface area contributed by atoms with Crippen molar-refractivity contribution in [1.29, 1.82) is 0 Å². The van der Waals surface area contributed by atoms with Crippen molar-refractivity contribution in [2.24, 2.45) is 5.41 Å². The van der Waals surface area contributed by atoms with Gasteiger partial charge in [0.15, 0.2) is 5.13 Å². The van der Waals surface area contributed by atoms with Gasteiger partial charge in [0.25, 0.3) is 0 Å². The molecule has 5 nitrogen and oxygen atoms in total. The number of benzene rings is 1. The minimum atomic E-state index is -0.474. The summed E-state index contributed by atoms with van der Waals surface area (Å²) in [4.78, 5) is 28.1. The fourth-order valence-electron chi connectivity index (χ4n) is 1.89. The Morgan fingerprint density at radius 1 is 1.24 bits per heavy atom. The molecule has 0 fully saturated rings. The Hall–Kier alpha value is -1.63. The standard InChI is InChI=1S/C17H19Cl2N3O2S/c1-17(2,3)15(24)20-7-6-14(23)22-16-21-13(9-25-16)11-5-4-10(18)8-12(11)19/h4-5,8-9H,6-7H2,1-3H3,(H,20,24)(H,21,22,23). The van der Waals surface area contributed by atoms with E-state index in [4.69, 9.17) is 23.2 Å². The predicted molar refractivity (Wildman–Crippen MR) is 103 cm³/mol. The summed E-state index contributed by atoms with van der Waals surface area (Å²) in [7, 11) is 0. The summed E-state index contributed by atoms with van der Waals surface area (Å²) in [6.07, 6.45) is 0.179. The lowest BCUT2D eigenvalue weighted by atomic mass is 9.96. The van der Waals surface area contributed by atoms with E-state index in [1.165, 1.54) is 11.3 Å². The molecular weight excluding hydrogens is 381 g/mol. The third-order valence-electron chi connectivity index (χ3n) is 3.28. The largest absolute Gasteiger partial charge is 0.355 e. The zero-order chi connectivity index (χ0) is 18.6. The van der Waals surface area contributed by atoms with Crippen LogP contribution in [0.3, 0.4) is 0 Å². The van der Waals surface area contributed by atoms with Crippen molar-refractivity contribution in [1.82, 2.24) is 10.3 Å². The quantitative estimate of drug-likeness (QED) is 0.770. The maximum atomic E-state index is 12.0. The summed E-state index contributed by atoms with van der Waals surface area (Å²) in [5.41, 5.74) is 0.946. The van der Waals surface area contributed by atoms with Gasteiger partial charge in [-0.05, 0) is 18.2 Å². The molecule has 0 bridgehead atoms. The lowest BCUT2D eigenvalue weighted by Gasteiger charge is -2.17. The molecular formula is C17H19Cl2N3O2S. The molecule has 1 heterocycles. The number of hydrogen-bond acceptors (Lipinski definition) is 4. The van der Waals surface area contributed by atoms with Gasteiger partial charge in [-0.25, -0.2) is 4.98 Å². The van der Waals surface area contributed by atoms with Crippen molar-refractivity contribution in [3.05, 3.63) is 33.6 Å². The Morgan fingerprint density at radius 3 is 2.60 bits per heavy atom. The fourth-order valence-corrected chi connectivity index (χ4v) is 3.12. The Balaban J connectivity index is 1.90. The number of nitrogens with one attached hydrogen (secondary N) is 2. The first-order valence-corrected chi connectivity index (χ1v) is 9.29. The molecule has 0 radical (unpaired) electrons. The van der Waals surface area contributed by atoms with Crippen molar-refractivity contribution < 1.29 is 9.59 Å². The van der Waals surface area contributed by atoms with Crippen molar-refractivity contribution in [3.63, 3.8) is 0 Å². The van der Waals surface area contributed by atoms with Gasteiger partial charge in [-0.1, -0.05) is 44.0 Å². The minimum Gasteiger partial charge on any atom is -0.355 e. The summed E-state index contributed by atoms with van der Waals surface area (Å²) in [6.45, 7) is 5.74. The van der Waals surface area contributed by atoms with E-state index >= 15 is 0 Å². The monoisotopic (exact) mass is 399 g/mol. The number of anilines is 1. The summed E-state index contributed by atoms with van der Waals surface area (Å²) in [6, 6.07) is 5.17. The van der Waals surface area contributed by atoms with Crippen LogP contribution in [-0.4, -0.2) is 23.3 Å². The molecule has 0 atom stereocenters. The Bertz CT molecular complexity index is 784. The summed E-state index contributed by atoms with van der Waals surface area (Å²) in [5, 5.41) is 8.80. The molecule has 0 aliphatic heterocycles. The topological polar surface area (TPSA) is 71.1 Å². The van der Waals surface area contributed by atoms with Gasteiger partial charge in [0.1, 0.15) is 0 Å². The normalized spacial score (nSPS) is 11.2. The molecule has 25 heavy (non-hydrogen) atoms. The van der Waals surface area contributed by atoms with Gasteiger partial charge >= 0.3 is 0 Å². The van der Waals surface area contributed by atoms with E-state index < -0.39 is 5.41 Å². The van der Waals surface area contributed by atoms with Gasteiger partial charge < -0.3 is 10.6 Å². The first kappa shape index (κ1) is 19.7. The SMILES string of the molecule is CC(C)(C)C(=O)NCCC(=O)Nc1nc(-c2ccc(Cl)cc2Cl)cs1. The van der Waals surface area contributed by atoms with Crippen LogP contribution < -0.4 is 10.6 Å². The average Bonchev–Trinajstić information content (AvgIpc) is 2.94. The van der Waals surface area contributed by atoms with Crippen molar-refractivity contribution in [3.8, 4) is 11.3 Å². The van der Waals surface area contributed by atoms with Gasteiger partial charge in [0, 0.05) is 34.3 Å². The van der Waals surface area contributed by atoms with Crippen molar-refractivity contribution in [2.75, 3.05) is 11.9 Å². The zero-order valence-corrected chi connectivity index (χ0v) is 16.5. The van der Waals surface area contributed by atoms with Crippen LogP contribution in [0.15, 0.2) is 23.6 Å². The number of amides is 2. The number of hydrogen-bond donors (Lipinski definition) is 2. The zero-order valence-electron chi connectivity index (χ0n) is 14.2. The van der Waals surface area contributed by atoms with Crippen molar-refractivity contribution in [2.45, 2.75) is 27.2 Å². The minimum absolute atomic E-state index is 0.0887. The number of halogens is 2. The number of carbonyl (C=O) groups is 2. The maximum Gasteiger partial charge on any atom is 0.227 e. The summed E-state index contributed by atoms with van der Waals surface area (Å²) < 4.78 is 0. The number of thiazole rings is 1. The van der Waals surface area contributed by atoms with Gasteiger partial charge in [-0.3, -0.25) is 9.59 Å². The van der Waals surface area contributed by atoms with E-state index in [0.717, 1.165) is 5.56 Å². The lowest BCUT2D eigenvalue weighted by molar-refractivity contribution is -0.128. The Kier molecular flexibility index (Phi) is 6.43.